The lowest BCUT2D eigenvalue weighted by Gasteiger charge is -2.36. The molecule has 34 heavy (non-hydrogen) atoms. The summed E-state index contributed by atoms with van der Waals surface area (Å²) in [7, 11) is 3.94. The van der Waals surface area contributed by atoms with Gasteiger partial charge in [0.05, 0.1) is 22.8 Å². The Morgan fingerprint density at radius 2 is 2.03 bits per heavy atom. The first-order chi connectivity index (χ1) is 16.0. The van der Waals surface area contributed by atoms with Gasteiger partial charge in [0.1, 0.15) is 5.60 Å². The molecule has 2 aromatic rings. The fourth-order valence-corrected chi connectivity index (χ4v) is 5.06. The molecular formula is C25H35N5O4. The number of anilines is 1. The van der Waals surface area contributed by atoms with Gasteiger partial charge < -0.3 is 14.5 Å². The van der Waals surface area contributed by atoms with Crippen LogP contribution >= 0.6 is 0 Å². The van der Waals surface area contributed by atoms with Crippen molar-refractivity contribution in [1.82, 2.24) is 20.0 Å². The topological polar surface area (TPSA) is 96.8 Å². The van der Waals surface area contributed by atoms with E-state index in [4.69, 9.17) is 9.84 Å². The number of fused-ring (bicyclic) bond motifs is 1. The van der Waals surface area contributed by atoms with Crippen molar-refractivity contribution in [2.75, 3.05) is 31.6 Å². The molecular weight excluding hydrogens is 434 g/mol. The monoisotopic (exact) mass is 469 g/mol. The number of hydrogen-bond donors (Lipinski definition) is 1. The van der Waals surface area contributed by atoms with Crippen LogP contribution in [0.1, 0.15) is 58.1 Å². The van der Waals surface area contributed by atoms with E-state index in [-0.39, 0.29) is 17.9 Å². The Morgan fingerprint density at radius 1 is 1.26 bits per heavy atom. The van der Waals surface area contributed by atoms with Gasteiger partial charge in [-0.25, -0.2) is 4.79 Å². The number of amides is 3. The molecule has 3 amide bonds. The number of carbonyl (C=O) groups excluding carboxylic acids is 3. The van der Waals surface area contributed by atoms with Crippen LogP contribution in [0.2, 0.25) is 0 Å². The highest BCUT2D eigenvalue weighted by Crippen LogP contribution is 2.35. The second kappa shape index (κ2) is 9.27. The van der Waals surface area contributed by atoms with Crippen molar-refractivity contribution in [3.05, 3.63) is 23.9 Å². The average molecular weight is 470 g/mol. The third kappa shape index (κ3) is 5.03. The number of likely N-dealkylation sites (tertiary alicyclic amines) is 1. The van der Waals surface area contributed by atoms with Gasteiger partial charge in [-0.05, 0) is 52.0 Å². The van der Waals surface area contributed by atoms with Crippen LogP contribution in [0.4, 0.5) is 10.5 Å². The molecule has 1 aromatic carbocycles. The maximum absolute atomic E-state index is 12.6. The Bertz CT molecular complexity index is 1100. The van der Waals surface area contributed by atoms with Crippen LogP contribution in [0.3, 0.4) is 0 Å². The minimum Gasteiger partial charge on any atom is -0.444 e. The Labute approximate surface area is 200 Å². The molecule has 0 bridgehead atoms. The molecule has 9 nitrogen and oxygen atoms in total. The summed E-state index contributed by atoms with van der Waals surface area (Å²) in [5.74, 6) is -0.610. The highest BCUT2D eigenvalue weighted by molar-refractivity contribution is 6.03. The van der Waals surface area contributed by atoms with Gasteiger partial charge in [0.25, 0.3) is 0 Å². The summed E-state index contributed by atoms with van der Waals surface area (Å²) in [4.78, 5) is 40.7. The Balaban J connectivity index is 1.52. The first-order valence-corrected chi connectivity index (χ1v) is 12.0. The number of nitrogens with zero attached hydrogens (tertiary/aromatic N) is 4. The van der Waals surface area contributed by atoms with Crippen LogP contribution in [0.25, 0.3) is 10.9 Å². The van der Waals surface area contributed by atoms with Gasteiger partial charge in [-0.15, -0.1) is 0 Å². The molecule has 1 N–H and O–H groups in total. The van der Waals surface area contributed by atoms with Crippen molar-refractivity contribution in [2.24, 2.45) is 13.0 Å². The summed E-state index contributed by atoms with van der Waals surface area (Å²) >= 11 is 0. The standard InChI is InChI=1S/C25H35N5O4/c1-25(2,3)34-24(33)30-13-7-8-16(15-30)14-28(4)19-10-6-9-17-21(27-29(5)22(17)19)18-11-12-20(31)26-23(18)32/h6,9-10,16,18H,7-8,11-15H2,1-5H3,(H,26,31,32)/t16-,18?/m1/s1. The Kier molecular flexibility index (Phi) is 6.55. The van der Waals surface area contributed by atoms with Crippen molar-refractivity contribution < 1.29 is 19.1 Å². The molecule has 3 heterocycles. The largest absolute Gasteiger partial charge is 0.444 e. The highest BCUT2D eigenvalue weighted by atomic mass is 16.6. The average Bonchev–Trinajstić information content (AvgIpc) is 3.09. The number of carbonyl (C=O) groups is 3. The fourth-order valence-electron chi connectivity index (χ4n) is 5.06. The lowest BCUT2D eigenvalue weighted by molar-refractivity contribution is -0.134. The number of nitrogens with one attached hydrogen (secondary N) is 1. The summed E-state index contributed by atoms with van der Waals surface area (Å²) in [6.07, 6.45) is 2.55. The van der Waals surface area contributed by atoms with Gasteiger partial charge in [-0.1, -0.05) is 12.1 Å². The van der Waals surface area contributed by atoms with Crippen LogP contribution in [-0.4, -0.2) is 64.9 Å². The SMILES string of the molecule is CN(C[C@H]1CCCN(C(=O)OC(C)(C)C)C1)c1cccc2c(C3CCC(=O)NC3=O)nn(C)c12. The maximum Gasteiger partial charge on any atom is 0.410 e. The van der Waals surface area contributed by atoms with E-state index in [0.717, 1.165) is 42.5 Å². The number of imide groups is 1. The number of benzene rings is 1. The minimum absolute atomic E-state index is 0.227. The summed E-state index contributed by atoms with van der Waals surface area (Å²) in [6, 6.07) is 6.04. The molecule has 2 aliphatic rings. The van der Waals surface area contributed by atoms with E-state index in [1.807, 2.05) is 49.5 Å². The molecule has 9 heteroatoms. The van der Waals surface area contributed by atoms with Crippen LogP contribution in [-0.2, 0) is 21.4 Å². The molecule has 2 aliphatic heterocycles. The van der Waals surface area contributed by atoms with Gasteiger partial charge in [0.15, 0.2) is 0 Å². The first-order valence-electron chi connectivity index (χ1n) is 12.0. The van der Waals surface area contributed by atoms with Gasteiger partial charge in [0.2, 0.25) is 11.8 Å². The van der Waals surface area contributed by atoms with Crippen molar-refractivity contribution in [2.45, 2.75) is 58.0 Å². The predicted octanol–water partition coefficient (Wildman–Crippen LogP) is 3.18. The van der Waals surface area contributed by atoms with E-state index in [1.54, 1.807) is 0 Å². The maximum atomic E-state index is 12.6. The molecule has 184 valence electrons. The molecule has 0 aliphatic carbocycles. The molecule has 2 saturated heterocycles. The summed E-state index contributed by atoms with van der Waals surface area (Å²) < 4.78 is 7.40. The van der Waals surface area contributed by atoms with Crippen molar-refractivity contribution in [3.8, 4) is 0 Å². The summed E-state index contributed by atoms with van der Waals surface area (Å²) in [5, 5.41) is 8.07. The number of hydrogen-bond acceptors (Lipinski definition) is 6. The van der Waals surface area contributed by atoms with Crippen molar-refractivity contribution >= 4 is 34.5 Å². The normalized spacial score (nSPS) is 21.5. The lowest BCUT2D eigenvalue weighted by Crippen LogP contribution is -2.45. The highest BCUT2D eigenvalue weighted by Gasteiger charge is 2.33. The van der Waals surface area contributed by atoms with E-state index >= 15 is 0 Å². The number of piperidine rings is 2. The van der Waals surface area contributed by atoms with Crippen LogP contribution < -0.4 is 10.2 Å². The van der Waals surface area contributed by atoms with Crippen molar-refractivity contribution in [3.63, 3.8) is 0 Å². The second-order valence-electron chi connectivity index (χ2n) is 10.5. The number of ether oxygens (including phenoxy) is 1. The molecule has 4 rings (SSSR count). The smallest absolute Gasteiger partial charge is 0.410 e. The summed E-state index contributed by atoms with van der Waals surface area (Å²) in [6.45, 7) is 7.84. The number of rotatable bonds is 4. The zero-order chi connectivity index (χ0) is 24.6. The molecule has 0 radical (unpaired) electrons. The third-order valence-corrected chi connectivity index (χ3v) is 6.56. The number of para-hydroxylation sites is 1. The van der Waals surface area contributed by atoms with E-state index in [1.165, 1.54) is 0 Å². The lowest BCUT2D eigenvalue weighted by atomic mass is 9.92. The molecule has 2 fully saturated rings. The molecule has 2 atom stereocenters. The van der Waals surface area contributed by atoms with E-state index in [9.17, 15) is 14.4 Å². The fraction of sp³-hybridized carbons (Fsp3) is 0.600. The van der Waals surface area contributed by atoms with Crippen LogP contribution in [0.5, 0.6) is 0 Å². The van der Waals surface area contributed by atoms with Crippen LogP contribution in [0, 0.1) is 5.92 Å². The van der Waals surface area contributed by atoms with E-state index in [2.05, 4.69) is 23.3 Å². The van der Waals surface area contributed by atoms with Crippen LogP contribution in [0.15, 0.2) is 18.2 Å². The molecule has 1 aromatic heterocycles. The van der Waals surface area contributed by atoms with Gasteiger partial charge >= 0.3 is 6.09 Å². The third-order valence-electron chi connectivity index (χ3n) is 6.56. The number of aromatic nitrogens is 2. The zero-order valence-electron chi connectivity index (χ0n) is 20.8. The van der Waals surface area contributed by atoms with E-state index in [0.29, 0.717) is 31.0 Å². The van der Waals surface area contributed by atoms with Gasteiger partial charge in [-0.2, -0.15) is 5.10 Å². The minimum atomic E-state index is -0.504. The Morgan fingerprint density at radius 3 is 2.74 bits per heavy atom. The Hall–Kier alpha value is -3.10. The van der Waals surface area contributed by atoms with Gasteiger partial charge in [-0.3, -0.25) is 19.6 Å². The zero-order valence-corrected chi connectivity index (χ0v) is 20.8. The molecule has 0 saturated carbocycles. The number of aryl methyl sites for hydroxylation is 1. The van der Waals surface area contributed by atoms with Crippen molar-refractivity contribution in [1.29, 1.82) is 0 Å². The van der Waals surface area contributed by atoms with Gasteiger partial charge in [0, 0.05) is 45.5 Å². The second-order valence-corrected chi connectivity index (χ2v) is 10.5. The summed E-state index contributed by atoms with van der Waals surface area (Å²) in [5.41, 5.74) is 2.20. The quantitative estimate of drug-likeness (QED) is 0.691. The van der Waals surface area contributed by atoms with E-state index < -0.39 is 11.5 Å². The first kappa shape index (κ1) is 24.0. The molecule has 1 unspecified atom stereocenters. The predicted molar refractivity (Wildman–Crippen MR) is 130 cm³/mol. The molecule has 0 spiro atoms.